The van der Waals surface area contributed by atoms with Gasteiger partial charge in [-0.25, -0.2) is 9.97 Å². The zero-order valence-corrected chi connectivity index (χ0v) is 20.3. The number of anilines is 1. The maximum absolute atomic E-state index is 12.9. The number of likely N-dealkylation sites (tertiary alicyclic amines) is 1. The first kappa shape index (κ1) is 23.3. The maximum Gasteiger partial charge on any atom is 0.393 e. The van der Waals surface area contributed by atoms with E-state index in [4.69, 9.17) is 0 Å². The van der Waals surface area contributed by atoms with Gasteiger partial charge in [0.25, 0.3) is 0 Å². The van der Waals surface area contributed by atoms with Crippen LogP contribution in [0.25, 0.3) is 10.2 Å². The van der Waals surface area contributed by atoms with Crippen molar-refractivity contribution in [1.29, 1.82) is 0 Å². The number of nitrogens with zero attached hydrogens (tertiary/aromatic N) is 4. The van der Waals surface area contributed by atoms with Crippen molar-refractivity contribution in [3.63, 3.8) is 0 Å². The number of hydrogen-bond acceptors (Lipinski definition) is 6. The van der Waals surface area contributed by atoms with Crippen LogP contribution in [0.5, 0.6) is 0 Å². The molecule has 0 amide bonds. The van der Waals surface area contributed by atoms with Gasteiger partial charge in [0.05, 0.1) is 11.8 Å². The van der Waals surface area contributed by atoms with E-state index in [1.54, 1.807) is 6.07 Å². The van der Waals surface area contributed by atoms with Crippen molar-refractivity contribution < 1.29 is 13.2 Å². The molecule has 33 heavy (non-hydrogen) atoms. The molecule has 3 aliphatic rings. The van der Waals surface area contributed by atoms with Gasteiger partial charge in [0.2, 0.25) is 0 Å². The first-order chi connectivity index (χ1) is 15.7. The monoisotopic (exact) mass is 481 g/mol. The summed E-state index contributed by atoms with van der Waals surface area (Å²) in [4.78, 5) is 14.7. The molecule has 1 spiro atoms. The van der Waals surface area contributed by atoms with Crippen LogP contribution in [0.4, 0.5) is 19.0 Å². The Bertz CT molecular complexity index is 963. The number of alkyl halides is 3. The Morgan fingerprint density at radius 2 is 1.94 bits per heavy atom. The summed E-state index contributed by atoms with van der Waals surface area (Å²) in [5.41, 5.74) is 0.281. The van der Waals surface area contributed by atoms with Gasteiger partial charge in [-0.2, -0.15) is 13.2 Å². The number of rotatable bonds is 6. The number of hydrogen-bond donors (Lipinski definition) is 1. The van der Waals surface area contributed by atoms with Crippen molar-refractivity contribution >= 4 is 27.4 Å². The number of nitrogens with one attached hydrogen (secondary N) is 1. The van der Waals surface area contributed by atoms with Gasteiger partial charge in [-0.15, -0.1) is 11.3 Å². The average Bonchev–Trinajstić information content (AvgIpc) is 3.34. The lowest BCUT2D eigenvalue weighted by atomic mass is 9.75. The van der Waals surface area contributed by atoms with Crippen LogP contribution in [0.3, 0.4) is 0 Å². The highest BCUT2D eigenvalue weighted by atomic mass is 32.1. The Labute approximate surface area is 197 Å². The van der Waals surface area contributed by atoms with Gasteiger partial charge in [-0.3, -0.25) is 4.90 Å². The minimum absolute atomic E-state index is 0.281. The zero-order valence-electron chi connectivity index (χ0n) is 19.5. The minimum Gasteiger partial charge on any atom is -0.355 e. The first-order valence-electron chi connectivity index (χ1n) is 12.2. The number of aromatic nitrogens is 2. The van der Waals surface area contributed by atoms with Crippen LogP contribution in [-0.4, -0.2) is 66.4 Å². The predicted octanol–water partition coefficient (Wildman–Crippen LogP) is 4.72. The molecule has 0 bridgehead atoms. The largest absolute Gasteiger partial charge is 0.393 e. The second-order valence-corrected chi connectivity index (χ2v) is 11.9. The molecule has 182 valence electrons. The molecule has 3 saturated heterocycles. The molecular formula is C24H34F3N5S. The van der Waals surface area contributed by atoms with Crippen LogP contribution in [0.1, 0.15) is 44.4 Å². The molecule has 9 heteroatoms. The molecule has 0 saturated carbocycles. The number of fused-ring (bicyclic) bond motifs is 1. The normalized spacial score (nSPS) is 23.0. The lowest BCUT2D eigenvalue weighted by molar-refractivity contribution is -0.126. The topological polar surface area (TPSA) is 44.3 Å². The molecule has 3 aliphatic heterocycles. The Balaban J connectivity index is 1.25. The van der Waals surface area contributed by atoms with Crippen molar-refractivity contribution in [2.45, 2.75) is 58.2 Å². The number of piperidine rings is 1. The molecule has 2 aromatic heterocycles. The molecule has 0 aliphatic carbocycles. The van der Waals surface area contributed by atoms with Crippen molar-refractivity contribution in [1.82, 2.24) is 20.2 Å². The summed E-state index contributed by atoms with van der Waals surface area (Å²) in [7, 11) is 0. The van der Waals surface area contributed by atoms with Crippen molar-refractivity contribution in [3.05, 3.63) is 17.3 Å². The molecule has 2 aromatic rings. The van der Waals surface area contributed by atoms with Gasteiger partial charge in [0.15, 0.2) is 0 Å². The molecule has 1 N–H and O–H groups in total. The van der Waals surface area contributed by atoms with Gasteiger partial charge in [-0.1, -0.05) is 13.8 Å². The van der Waals surface area contributed by atoms with Gasteiger partial charge >= 0.3 is 6.18 Å². The fraction of sp³-hybridized carbons (Fsp3) is 0.750. The Kier molecular flexibility index (Phi) is 6.33. The summed E-state index contributed by atoms with van der Waals surface area (Å²) in [6, 6.07) is 2.29. The van der Waals surface area contributed by atoms with E-state index in [0.717, 1.165) is 74.1 Å². The van der Waals surface area contributed by atoms with E-state index in [2.05, 4.69) is 38.9 Å². The van der Waals surface area contributed by atoms with Crippen LogP contribution in [0.15, 0.2) is 12.4 Å². The van der Waals surface area contributed by atoms with Crippen molar-refractivity contribution in [2.24, 2.45) is 17.3 Å². The average molecular weight is 482 g/mol. The second-order valence-electron chi connectivity index (χ2n) is 10.7. The van der Waals surface area contributed by atoms with Gasteiger partial charge in [0.1, 0.15) is 17.0 Å². The molecule has 0 radical (unpaired) electrons. The van der Waals surface area contributed by atoms with Crippen LogP contribution in [0.2, 0.25) is 0 Å². The lowest BCUT2D eigenvalue weighted by Crippen LogP contribution is -2.62. The minimum atomic E-state index is -4.21. The smallest absolute Gasteiger partial charge is 0.355 e. The third-order valence-electron chi connectivity index (χ3n) is 7.82. The van der Waals surface area contributed by atoms with Gasteiger partial charge in [-0.05, 0) is 56.7 Å². The molecule has 5 rings (SSSR count). The van der Waals surface area contributed by atoms with E-state index in [9.17, 15) is 13.2 Å². The Morgan fingerprint density at radius 3 is 2.64 bits per heavy atom. The first-order valence-corrected chi connectivity index (χ1v) is 13.0. The molecule has 1 atom stereocenters. The van der Waals surface area contributed by atoms with E-state index >= 15 is 0 Å². The highest BCUT2D eigenvalue weighted by molar-refractivity contribution is 7.18. The zero-order chi connectivity index (χ0) is 23.2. The van der Waals surface area contributed by atoms with E-state index in [-0.39, 0.29) is 5.41 Å². The highest BCUT2D eigenvalue weighted by Crippen LogP contribution is 2.45. The highest BCUT2D eigenvalue weighted by Gasteiger charge is 2.50. The van der Waals surface area contributed by atoms with Crippen LogP contribution < -0.4 is 10.2 Å². The number of halogens is 3. The third-order valence-corrected chi connectivity index (χ3v) is 8.86. The fourth-order valence-corrected chi connectivity index (χ4v) is 7.18. The summed E-state index contributed by atoms with van der Waals surface area (Å²) in [5, 5.41) is 4.24. The molecule has 5 nitrogen and oxygen atoms in total. The fourth-order valence-electron chi connectivity index (χ4n) is 6.16. The van der Waals surface area contributed by atoms with E-state index in [1.165, 1.54) is 25.6 Å². The van der Waals surface area contributed by atoms with Crippen LogP contribution in [-0.2, 0) is 6.42 Å². The van der Waals surface area contributed by atoms with Crippen molar-refractivity contribution in [3.8, 4) is 0 Å². The Morgan fingerprint density at radius 1 is 1.18 bits per heavy atom. The molecule has 5 heterocycles. The molecule has 1 unspecified atom stereocenters. The standard InChI is InChI=1S/C24H34F3N5S/c1-16(2)20(9-17-3-6-28-7-4-17)32-13-23(14-32)5-8-31(12-23)21-19-10-18(11-24(25,26)27)33-22(19)30-15-29-21/h10,15-17,20,28H,3-9,11-14H2,1-2H3. The molecule has 3 fully saturated rings. The third kappa shape index (κ3) is 5.00. The van der Waals surface area contributed by atoms with E-state index in [1.807, 2.05) is 0 Å². The van der Waals surface area contributed by atoms with Gasteiger partial charge in [0, 0.05) is 42.5 Å². The summed E-state index contributed by atoms with van der Waals surface area (Å²) >= 11 is 1.13. The Hall–Kier alpha value is -1.45. The van der Waals surface area contributed by atoms with Crippen LogP contribution in [0, 0.1) is 17.3 Å². The second kappa shape index (κ2) is 8.96. The van der Waals surface area contributed by atoms with Crippen molar-refractivity contribution in [2.75, 3.05) is 44.2 Å². The summed E-state index contributed by atoms with van der Waals surface area (Å²) in [6.07, 6.45) is 1.38. The van der Waals surface area contributed by atoms with E-state index < -0.39 is 12.6 Å². The summed E-state index contributed by atoms with van der Waals surface area (Å²) < 4.78 is 38.7. The SMILES string of the molecule is CC(C)C(CC1CCNCC1)N1CC2(CCN(c3ncnc4sc(CC(F)(F)F)cc34)C2)C1. The number of thiophene rings is 1. The maximum atomic E-state index is 12.9. The summed E-state index contributed by atoms with van der Waals surface area (Å²) in [6.45, 7) is 11.1. The predicted molar refractivity (Wildman–Crippen MR) is 127 cm³/mol. The quantitative estimate of drug-likeness (QED) is 0.647. The summed E-state index contributed by atoms with van der Waals surface area (Å²) in [5.74, 6) is 2.28. The van der Waals surface area contributed by atoms with Gasteiger partial charge < -0.3 is 10.2 Å². The lowest BCUT2D eigenvalue weighted by Gasteiger charge is -2.53. The molecular weight excluding hydrogens is 447 g/mol. The van der Waals surface area contributed by atoms with Crippen LogP contribution >= 0.6 is 11.3 Å². The van der Waals surface area contributed by atoms with E-state index in [0.29, 0.717) is 21.7 Å². The molecule has 0 aromatic carbocycles.